The van der Waals surface area contributed by atoms with Gasteiger partial charge in [0.1, 0.15) is 0 Å². The molecule has 3 heterocycles. The third kappa shape index (κ3) is 3.40. The zero-order chi connectivity index (χ0) is 13.9. The minimum absolute atomic E-state index is 0.231. The maximum Gasteiger partial charge on any atom is 0.236 e. The first-order chi connectivity index (χ1) is 9.70. The van der Waals surface area contributed by atoms with Crippen LogP contribution in [0.15, 0.2) is 16.8 Å². The Balaban J connectivity index is 1.50. The van der Waals surface area contributed by atoms with Gasteiger partial charge in [0.15, 0.2) is 0 Å². The Morgan fingerprint density at radius 2 is 2.30 bits per heavy atom. The van der Waals surface area contributed by atoms with E-state index in [9.17, 15) is 4.79 Å². The number of nitrogens with one attached hydrogen (secondary N) is 1. The van der Waals surface area contributed by atoms with Gasteiger partial charge in [0.25, 0.3) is 0 Å². The van der Waals surface area contributed by atoms with Crippen molar-refractivity contribution in [1.29, 1.82) is 0 Å². The van der Waals surface area contributed by atoms with E-state index in [0.717, 1.165) is 19.6 Å². The van der Waals surface area contributed by atoms with Crippen molar-refractivity contribution < 1.29 is 4.79 Å². The summed E-state index contributed by atoms with van der Waals surface area (Å²) in [6.45, 7) is 3.35. The summed E-state index contributed by atoms with van der Waals surface area (Å²) in [6, 6.07) is 3.37. The number of carbonyl (C=O) groups is 1. The zero-order valence-electron chi connectivity index (χ0n) is 12.0. The van der Waals surface area contributed by atoms with Crippen molar-refractivity contribution in [3.8, 4) is 0 Å². The molecule has 0 aromatic carbocycles. The van der Waals surface area contributed by atoms with Crippen molar-refractivity contribution in [2.24, 2.45) is 0 Å². The molecule has 1 amide bonds. The molecule has 0 saturated carbocycles. The monoisotopic (exact) mass is 293 g/mol. The number of fused-ring (bicyclic) bond motifs is 2. The maximum absolute atomic E-state index is 12.3. The SMILES string of the molecule is CN(Cc1ccsc1)C(=O)CN1CCC2CCC(C1)N2. The highest BCUT2D eigenvalue weighted by molar-refractivity contribution is 7.07. The average molecular weight is 293 g/mol. The predicted octanol–water partition coefficient (Wildman–Crippen LogP) is 1.53. The molecule has 1 N–H and O–H groups in total. The predicted molar refractivity (Wildman–Crippen MR) is 81.8 cm³/mol. The molecule has 110 valence electrons. The summed E-state index contributed by atoms with van der Waals surface area (Å²) in [7, 11) is 1.90. The molecule has 2 fully saturated rings. The van der Waals surface area contributed by atoms with Gasteiger partial charge in [0, 0.05) is 38.8 Å². The number of likely N-dealkylation sites (N-methyl/N-ethyl adjacent to an activating group) is 1. The molecule has 0 spiro atoms. The van der Waals surface area contributed by atoms with E-state index >= 15 is 0 Å². The second kappa shape index (κ2) is 6.24. The smallest absolute Gasteiger partial charge is 0.236 e. The van der Waals surface area contributed by atoms with Crippen molar-refractivity contribution >= 4 is 17.2 Å². The Hall–Kier alpha value is -0.910. The molecule has 2 saturated heterocycles. The Labute approximate surface area is 124 Å². The first-order valence-electron chi connectivity index (χ1n) is 7.44. The van der Waals surface area contributed by atoms with Crippen molar-refractivity contribution in [1.82, 2.24) is 15.1 Å². The molecule has 20 heavy (non-hydrogen) atoms. The minimum Gasteiger partial charge on any atom is -0.340 e. The summed E-state index contributed by atoms with van der Waals surface area (Å²) >= 11 is 1.68. The molecular formula is C15H23N3OS. The second-order valence-electron chi connectivity index (χ2n) is 6.04. The first kappa shape index (κ1) is 14.0. The topological polar surface area (TPSA) is 35.6 Å². The molecule has 2 atom stereocenters. The second-order valence-corrected chi connectivity index (χ2v) is 6.82. The van der Waals surface area contributed by atoms with Crippen molar-refractivity contribution in [2.45, 2.75) is 37.9 Å². The van der Waals surface area contributed by atoms with Gasteiger partial charge in [0.05, 0.1) is 6.54 Å². The fraction of sp³-hybridized carbons (Fsp3) is 0.667. The quantitative estimate of drug-likeness (QED) is 0.914. The number of rotatable bonds is 4. The molecule has 2 unspecified atom stereocenters. The van der Waals surface area contributed by atoms with Crippen LogP contribution in [0.2, 0.25) is 0 Å². The summed E-state index contributed by atoms with van der Waals surface area (Å²) in [5, 5.41) is 7.83. The van der Waals surface area contributed by atoms with Gasteiger partial charge in [-0.1, -0.05) is 0 Å². The molecule has 0 aliphatic carbocycles. The molecule has 0 radical (unpaired) electrons. The summed E-state index contributed by atoms with van der Waals surface area (Å²) in [6.07, 6.45) is 3.75. The van der Waals surface area contributed by atoms with Crippen molar-refractivity contribution in [2.75, 3.05) is 26.7 Å². The van der Waals surface area contributed by atoms with Gasteiger partial charge < -0.3 is 10.2 Å². The highest BCUT2D eigenvalue weighted by Crippen LogP contribution is 2.20. The third-order valence-electron chi connectivity index (χ3n) is 4.39. The lowest BCUT2D eigenvalue weighted by Gasteiger charge is -2.26. The van der Waals surface area contributed by atoms with Crippen LogP contribution < -0.4 is 5.32 Å². The number of likely N-dealkylation sites (tertiary alicyclic amines) is 1. The van der Waals surface area contributed by atoms with Gasteiger partial charge in [-0.2, -0.15) is 11.3 Å². The summed E-state index contributed by atoms with van der Waals surface area (Å²) in [5.41, 5.74) is 1.22. The lowest BCUT2D eigenvalue weighted by molar-refractivity contribution is -0.131. The first-order valence-corrected chi connectivity index (χ1v) is 8.38. The molecule has 2 aliphatic rings. The van der Waals surface area contributed by atoms with Crippen LogP contribution in [0.25, 0.3) is 0 Å². The molecular weight excluding hydrogens is 270 g/mol. The van der Waals surface area contributed by atoms with Crippen molar-refractivity contribution in [3.63, 3.8) is 0 Å². The van der Waals surface area contributed by atoms with Gasteiger partial charge in [-0.25, -0.2) is 0 Å². The van der Waals surface area contributed by atoms with E-state index in [0.29, 0.717) is 18.6 Å². The van der Waals surface area contributed by atoms with Crippen molar-refractivity contribution in [3.05, 3.63) is 22.4 Å². The lowest BCUT2D eigenvalue weighted by Crippen LogP contribution is -2.42. The summed E-state index contributed by atoms with van der Waals surface area (Å²) in [4.78, 5) is 16.5. The van der Waals surface area contributed by atoms with Gasteiger partial charge >= 0.3 is 0 Å². The number of amides is 1. The summed E-state index contributed by atoms with van der Waals surface area (Å²) < 4.78 is 0. The fourth-order valence-corrected chi connectivity index (χ4v) is 3.88. The Morgan fingerprint density at radius 3 is 3.10 bits per heavy atom. The number of hydrogen-bond donors (Lipinski definition) is 1. The van der Waals surface area contributed by atoms with Crippen LogP contribution >= 0.6 is 11.3 Å². The van der Waals surface area contributed by atoms with E-state index < -0.39 is 0 Å². The average Bonchev–Trinajstić information content (AvgIpc) is 3.02. The van der Waals surface area contributed by atoms with Crippen LogP contribution in [-0.4, -0.2) is 54.5 Å². The number of thiophene rings is 1. The highest BCUT2D eigenvalue weighted by Gasteiger charge is 2.30. The highest BCUT2D eigenvalue weighted by atomic mass is 32.1. The number of hydrogen-bond acceptors (Lipinski definition) is 4. The largest absolute Gasteiger partial charge is 0.340 e. The number of carbonyl (C=O) groups excluding carboxylic acids is 1. The standard InChI is InChI=1S/C15H23N3OS/c1-17(8-12-5-7-20-11-12)15(19)10-18-6-4-13-2-3-14(9-18)16-13/h5,7,11,13-14,16H,2-4,6,8-10H2,1H3. The van der Waals surface area contributed by atoms with Crippen LogP contribution in [0.1, 0.15) is 24.8 Å². The zero-order valence-corrected chi connectivity index (χ0v) is 12.9. The van der Waals surface area contributed by atoms with Crippen LogP contribution in [0, 0.1) is 0 Å². The molecule has 5 heteroatoms. The van der Waals surface area contributed by atoms with Gasteiger partial charge in [-0.15, -0.1) is 0 Å². The maximum atomic E-state index is 12.3. The van der Waals surface area contributed by atoms with E-state index in [4.69, 9.17) is 0 Å². The van der Waals surface area contributed by atoms with Gasteiger partial charge in [0.2, 0.25) is 5.91 Å². The van der Waals surface area contributed by atoms with Crippen LogP contribution in [-0.2, 0) is 11.3 Å². The van der Waals surface area contributed by atoms with Gasteiger partial charge in [-0.3, -0.25) is 9.69 Å². The van der Waals surface area contributed by atoms with E-state index in [1.807, 2.05) is 11.9 Å². The molecule has 1 aromatic heterocycles. The Bertz CT molecular complexity index is 448. The molecule has 3 rings (SSSR count). The Kier molecular flexibility index (Phi) is 4.38. The van der Waals surface area contributed by atoms with Crippen LogP contribution in [0.5, 0.6) is 0 Å². The molecule has 2 aliphatic heterocycles. The van der Waals surface area contributed by atoms with E-state index in [1.165, 1.54) is 24.8 Å². The van der Waals surface area contributed by atoms with Gasteiger partial charge in [-0.05, 0) is 41.7 Å². The Morgan fingerprint density at radius 1 is 1.45 bits per heavy atom. The van der Waals surface area contributed by atoms with E-state index in [-0.39, 0.29) is 5.91 Å². The van der Waals surface area contributed by atoms with E-state index in [1.54, 1.807) is 11.3 Å². The third-order valence-corrected chi connectivity index (χ3v) is 5.12. The normalized spacial score (nSPS) is 26.4. The summed E-state index contributed by atoms with van der Waals surface area (Å²) in [5.74, 6) is 0.231. The molecule has 4 nitrogen and oxygen atoms in total. The van der Waals surface area contributed by atoms with Crippen LogP contribution in [0.3, 0.4) is 0 Å². The van der Waals surface area contributed by atoms with Crippen LogP contribution in [0.4, 0.5) is 0 Å². The molecule has 1 aromatic rings. The minimum atomic E-state index is 0.231. The molecule has 2 bridgehead atoms. The fourth-order valence-electron chi connectivity index (χ4n) is 3.22. The number of nitrogens with zero attached hydrogens (tertiary/aromatic N) is 2. The van der Waals surface area contributed by atoms with E-state index in [2.05, 4.69) is 27.0 Å². The lowest BCUT2D eigenvalue weighted by atomic mass is 10.1.